The van der Waals surface area contributed by atoms with Gasteiger partial charge in [-0.15, -0.1) is 0 Å². The Hall–Kier alpha value is -1.65. The Morgan fingerprint density at radius 2 is 1.59 bits per heavy atom. The zero-order valence-electron chi connectivity index (χ0n) is 29.2. The van der Waals surface area contributed by atoms with Crippen LogP contribution in [0, 0.1) is 62.1 Å². The lowest BCUT2D eigenvalue weighted by Gasteiger charge is -2.73. The molecule has 5 heteroatoms. The van der Waals surface area contributed by atoms with E-state index in [1.54, 1.807) is 0 Å². The smallest absolute Gasteiger partial charge is 0.306 e. The number of rotatable bonds is 9. The molecule has 0 bridgehead atoms. The zero-order valence-corrected chi connectivity index (χ0v) is 29.2. The summed E-state index contributed by atoms with van der Waals surface area (Å²) in [6, 6.07) is 0. The van der Waals surface area contributed by atoms with Crippen LogP contribution >= 0.6 is 0 Å². The molecular weight excluding hydrogens is 548 g/mol. The van der Waals surface area contributed by atoms with E-state index in [0.717, 1.165) is 25.5 Å². The van der Waals surface area contributed by atoms with Crippen LogP contribution in [0.3, 0.4) is 0 Å². The van der Waals surface area contributed by atoms with Gasteiger partial charge in [-0.05, 0) is 134 Å². The first kappa shape index (κ1) is 33.7. The SMILES string of the molecule is C=C(C)[C@@H]1CC[C@]2(CCC=O)CC[C@]3(C)[C@H](CC[C@@H]4[C@@]5(C)CC[C@H](OC(=O)CC(C)(C)CC(=O)O)C(C)(C)[C@@H]5CC[C@]43C)[C@@H]12. The van der Waals surface area contributed by atoms with Crippen LogP contribution in [0.15, 0.2) is 12.2 Å². The minimum Gasteiger partial charge on any atom is -0.481 e. The van der Waals surface area contributed by atoms with Crippen molar-refractivity contribution in [2.75, 3.05) is 0 Å². The second-order valence-corrected chi connectivity index (χ2v) is 18.5. The van der Waals surface area contributed by atoms with E-state index >= 15 is 0 Å². The molecule has 0 radical (unpaired) electrons. The summed E-state index contributed by atoms with van der Waals surface area (Å²) >= 11 is 0. The van der Waals surface area contributed by atoms with Crippen molar-refractivity contribution in [2.45, 2.75) is 151 Å². The molecule has 5 nitrogen and oxygen atoms in total. The summed E-state index contributed by atoms with van der Waals surface area (Å²) < 4.78 is 6.24. The van der Waals surface area contributed by atoms with E-state index in [1.165, 1.54) is 56.9 Å². The van der Waals surface area contributed by atoms with Gasteiger partial charge < -0.3 is 14.6 Å². The Balaban J connectivity index is 1.39. The van der Waals surface area contributed by atoms with Gasteiger partial charge in [-0.1, -0.05) is 60.6 Å². The normalized spacial score (nSPS) is 44.4. The summed E-state index contributed by atoms with van der Waals surface area (Å²) in [5.41, 5.74) is 1.65. The number of carboxylic acids is 1. The van der Waals surface area contributed by atoms with Gasteiger partial charge in [-0.3, -0.25) is 9.59 Å². The molecule has 0 aliphatic heterocycles. The largest absolute Gasteiger partial charge is 0.481 e. The minimum atomic E-state index is -0.877. The molecule has 0 saturated heterocycles. The van der Waals surface area contributed by atoms with E-state index < -0.39 is 11.4 Å². The number of ether oxygens (including phenoxy) is 1. The third-order valence-corrected chi connectivity index (χ3v) is 15.5. The molecule has 5 aliphatic carbocycles. The Labute approximate surface area is 267 Å². The summed E-state index contributed by atoms with van der Waals surface area (Å²) in [6.07, 6.45) is 14.8. The fourth-order valence-electron chi connectivity index (χ4n) is 13.3. The number of hydrogen-bond donors (Lipinski definition) is 1. The number of aldehydes is 1. The van der Waals surface area contributed by atoms with E-state index in [2.05, 4.69) is 48.1 Å². The van der Waals surface area contributed by atoms with Crippen LogP contribution in [0.5, 0.6) is 0 Å². The lowest BCUT2D eigenvalue weighted by atomic mass is 9.32. The Kier molecular flexibility index (Phi) is 8.62. The lowest BCUT2D eigenvalue weighted by Crippen LogP contribution is -2.66. The number of carboxylic acid groups (broad SMARTS) is 1. The van der Waals surface area contributed by atoms with E-state index in [-0.39, 0.29) is 46.6 Å². The van der Waals surface area contributed by atoms with Crippen LogP contribution in [0.25, 0.3) is 0 Å². The first-order valence-electron chi connectivity index (χ1n) is 17.9. The number of fused-ring (bicyclic) bond motifs is 7. The molecule has 0 unspecified atom stereocenters. The number of hydrogen-bond acceptors (Lipinski definition) is 4. The fourth-order valence-corrected chi connectivity index (χ4v) is 13.3. The highest BCUT2D eigenvalue weighted by Gasteiger charge is 2.71. The molecule has 0 aromatic heterocycles. The Morgan fingerprint density at radius 3 is 2.23 bits per heavy atom. The molecule has 0 heterocycles. The van der Waals surface area contributed by atoms with Crippen molar-refractivity contribution in [2.24, 2.45) is 62.1 Å². The minimum absolute atomic E-state index is 0.0386. The molecule has 10 atom stereocenters. The van der Waals surface area contributed by atoms with Crippen molar-refractivity contribution in [1.29, 1.82) is 0 Å². The van der Waals surface area contributed by atoms with E-state index in [1.807, 2.05) is 13.8 Å². The monoisotopic (exact) mass is 610 g/mol. The highest BCUT2D eigenvalue weighted by atomic mass is 16.5. The highest BCUT2D eigenvalue weighted by molar-refractivity contribution is 5.73. The molecule has 0 aromatic carbocycles. The van der Waals surface area contributed by atoms with Crippen LogP contribution < -0.4 is 0 Å². The van der Waals surface area contributed by atoms with Crippen molar-refractivity contribution >= 4 is 18.2 Å². The van der Waals surface area contributed by atoms with Gasteiger partial charge in [-0.2, -0.15) is 0 Å². The molecule has 248 valence electrons. The standard InChI is InChI=1S/C39H62O5/c1-25(2)26-13-19-39(16-10-22-40)21-20-37(8)27(33(26)39)11-12-29-36(7)17-15-30(35(5,6)28(36)14-18-38(29,37)9)44-32(43)24-34(3,4)23-31(41)42/h22,26-30,33H,1,10-21,23-24H2,2-9H3,(H,41,42)/t26-,27+,28-,29+,30-,33+,36-,37+,38+,39+/m0/s1. The predicted octanol–water partition coefficient (Wildman–Crippen LogP) is 9.43. The van der Waals surface area contributed by atoms with Crippen molar-refractivity contribution < 1.29 is 24.2 Å². The van der Waals surface area contributed by atoms with Crippen molar-refractivity contribution in [3.05, 3.63) is 12.2 Å². The molecule has 5 rings (SSSR count). The maximum Gasteiger partial charge on any atom is 0.306 e. The second kappa shape index (κ2) is 11.3. The summed E-state index contributed by atoms with van der Waals surface area (Å²) in [5.74, 6) is 1.92. The van der Waals surface area contributed by atoms with Gasteiger partial charge in [0.25, 0.3) is 0 Å². The van der Waals surface area contributed by atoms with Crippen LogP contribution in [-0.2, 0) is 19.1 Å². The first-order valence-corrected chi connectivity index (χ1v) is 17.9. The molecule has 44 heavy (non-hydrogen) atoms. The molecule has 0 spiro atoms. The van der Waals surface area contributed by atoms with Crippen molar-refractivity contribution in [3.8, 4) is 0 Å². The van der Waals surface area contributed by atoms with E-state index in [4.69, 9.17) is 4.74 Å². The average molecular weight is 611 g/mol. The van der Waals surface area contributed by atoms with Gasteiger partial charge in [0.2, 0.25) is 0 Å². The van der Waals surface area contributed by atoms with E-state index in [0.29, 0.717) is 41.4 Å². The zero-order chi connectivity index (χ0) is 32.5. The first-order chi connectivity index (χ1) is 20.4. The lowest BCUT2D eigenvalue weighted by molar-refractivity contribution is -0.250. The molecule has 5 fully saturated rings. The summed E-state index contributed by atoms with van der Waals surface area (Å²) in [7, 11) is 0. The summed E-state index contributed by atoms with van der Waals surface area (Å²) in [5, 5.41) is 9.29. The molecule has 1 N–H and O–H groups in total. The number of esters is 1. The summed E-state index contributed by atoms with van der Waals surface area (Å²) in [6.45, 7) is 23.0. The third kappa shape index (κ3) is 5.13. The van der Waals surface area contributed by atoms with Crippen LogP contribution in [0.2, 0.25) is 0 Å². The van der Waals surface area contributed by atoms with Gasteiger partial charge in [0.1, 0.15) is 12.4 Å². The second-order valence-electron chi connectivity index (χ2n) is 18.5. The molecule has 0 amide bonds. The number of aliphatic carboxylic acids is 1. The molecule has 5 aliphatic rings. The number of carbonyl (C=O) groups is 3. The Morgan fingerprint density at radius 1 is 0.886 bits per heavy atom. The quantitative estimate of drug-likeness (QED) is 0.160. The number of allylic oxidation sites excluding steroid dienone is 1. The topological polar surface area (TPSA) is 80.7 Å². The molecule has 5 saturated carbocycles. The Bertz CT molecular complexity index is 1170. The van der Waals surface area contributed by atoms with Gasteiger partial charge in [0.15, 0.2) is 0 Å². The van der Waals surface area contributed by atoms with E-state index in [9.17, 15) is 19.5 Å². The van der Waals surface area contributed by atoms with Crippen LogP contribution in [0.4, 0.5) is 0 Å². The van der Waals surface area contributed by atoms with Gasteiger partial charge in [0, 0.05) is 11.8 Å². The van der Waals surface area contributed by atoms with Crippen LogP contribution in [-0.4, -0.2) is 29.4 Å². The average Bonchev–Trinajstić information content (AvgIpc) is 3.28. The highest BCUT2D eigenvalue weighted by Crippen LogP contribution is 2.78. The maximum absolute atomic E-state index is 13.1. The molecular formula is C39H62O5. The van der Waals surface area contributed by atoms with Crippen molar-refractivity contribution in [3.63, 3.8) is 0 Å². The summed E-state index contributed by atoms with van der Waals surface area (Å²) in [4.78, 5) is 36.0. The van der Waals surface area contributed by atoms with Gasteiger partial charge in [-0.25, -0.2) is 0 Å². The fraction of sp³-hybridized carbons (Fsp3) is 0.872. The molecule has 0 aromatic rings. The predicted molar refractivity (Wildman–Crippen MR) is 175 cm³/mol. The maximum atomic E-state index is 13.1. The van der Waals surface area contributed by atoms with Crippen LogP contribution in [0.1, 0.15) is 145 Å². The van der Waals surface area contributed by atoms with Crippen molar-refractivity contribution in [1.82, 2.24) is 0 Å². The third-order valence-electron chi connectivity index (χ3n) is 15.5. The van der Waals surface area contributed by atoms with Gasteiger partial charge in [0.05, 0.1) is 12.8 Å². The number of carbonyl (C=O) groups excluding carboxylic acids is 2. The van der Waals surface area contributed by atoms with Gasteiger partial charge >= 0.3 is 11.9 Å².